The Morgan fingerprint density at radius 2 is 1.80 bits per heavy atom. The first kappa shape index (κ1) is 20.0. The zero-order chi connectivity index (χ0) is 14.3. The summed E-state index contributed by atoms with van der Waals surface area (Å²) in [5.74, 6) is 0. The van der Waals surface area contributed by atoms with Crippen molar-refractivity contribution in [2.45, 2.75) is 13.0 Å². The third-order valence-corrected chi connectivity index (χ3v) is 5.08. The Morgan fingerprint density at radius 3 is 2.25 bits per heavy atom. The first-order valence-corrected chi connectivity index (χ1v) is 7.88. The van der Waals surface area contributed by atoms with Gasteiger partial charge in [-0.2, -0.15) is 17.0 Å². The normalized spacial score (nSPS) is 20.9. The molecule has 0 saturated carbocycles. The van der Waals surface area contributed by atoms with Gasteiger partial charge in [-0.15, -0.1) is 12.4 Å². The van der Waals surface area contributed by atoms with Gasteiger partial charge in [-0.3, -0.25) is 0 Å². The van der Waals surface area contributed by atoms with Gasteiger partial charge >= 0.3 is 0 Å². The second kappa shape index (κ2) is 9.88. The number of rotatable bonds is 8. The Hall–Kier alpha value is 0.0400. The molecule has 1 atom stereocenters. The van der Waals surface area contributed by atoms with Crippen LogP contribution in [0.15, 0.2) is 0 Å². The predicted octanol–water partition coefficient (Wildman–Crippen LogP) is -0.458. The van der Waals surface area contributed by atoms with E-state index in [9.17, 15) is 8.42 Å². The van der Waals surface area contributed by atoms with E-state index in [0.29, 0.717) is 45.9 Å². The minimum absolute atomic E-state index is 0. The van der Waals surface area contributed by atoms with E-state index < -0.39 is 10.2 Å². The molecular formula is C11H26ClN3O4S. The highest BCUT2D eigenvalue weighted by atomic mass is 35.5. The Balaban J connectivity index is 0.00000361. The summed E-state index contributed by atoms with van der Waals surface area (Å²) in [7, 11) is -0.308. The second-order valence-electron chi connectivity index (χ2n) is 4.61. The molecular weight excluding hydrogens is 306 g/mol. The lowest BCUT2D eigenvalue weighted by atomic mass is 10.3. The molecule has 0 bridgehead atoms. The van der Waals surface area contributed by atoms with Crippen LogP contribution in [0.3, 0.4) is 0 Å². The maximum Gasteiger partial charge on any atom is 0.282 e. The van der Waals surface area contributed by atoms with Crippen molar-refractivity contribution < 1.29 is 17.9 Å². The molecule has 0 aromatic rings. The summed E-state index contributed by atoms with van der Waals surface area (Å²) in [6, 6.07) is 0.176. The third kappa shape index (κ3) is 5.80. The van der Waals surface area contributed by atoms with Gasteiger partial charge in [0, 0.05) is 53.0 Å². The van der Waals surface area contributed by atoms with Crippen molar-refractivity contribution in [3.63, 3.8) is 0 Å². The van der Waals surface area contributed by atoms with Crippen LogP contribution in [0.4, 0.5) is 0 Å². The summed E-state index contributed by atoms with van der Waals surface area (Å²) in [4.78, 5) is 0. The molecule has 7 nitrogen and oxygen atoms in total. The highest BCUT2D eigenvalue weighted by molar-refractivity contribution is 7.86. The maximum absolute atomic E-state index is 12.6. The minimum atomic E-state index is -3.43. The molecule has 0 aliphatic carbocycles. The van der Waals surface area contributed by atoms with Gasteiger partial charge in [-0.1, -0.05) is 0 Å². The summed E-state index contributed by atoms with van der Waals surface area (Å²) in [5, 5.41) is 3.24. The Bertz CT molecular complexity index is 348. The summed E-state index contributed by atoms with van der Waals surface area (Å²) in [6.07, 6.45) is 0. The number of ether oxygens (including phenoxy) is 2. The van der Waals surface area contributed by atoms with E-state index in [4.69, 9.17) is 9.47 Å². The average molecular weight is 332 g/mol. The molecule has 0 aromatic carbocycles. The van der Waals surface area contributed by atoms with Gasteiger partial charge in [0.15, 0.2) is 0 Å². The monoisotopic (exact) mass is 331 g/mol. The van der Waals surface area contributed by atoms with Crippen molar-refractivity contribution in [3.8, 4) is 0 Å². The van der Waals surface area contributed by atoms with E-state index in [1.807, 2.05) is 6.92 Å². The second-order valence-corrected chi connectivity index (χ2v) is 6.53. The quantitative estimate of drug-likeness (QED) is 0.652. The van der Waals surface area contributed by atoms with Crippen molar-refractivity contribution in [2.75, 3.05) is 60.2 Å². The van der Waals surface area contributed by atoms with E-state index in [0.717, 1.165) is 0 Å². The maximum atomic E-state index is 12.6. The van der Waals surface area contributed by atoms with Crippen molar-refractivity contribution in [1.82, 2.24) is 13.9 Å². The highest BCUT2D eigenvalue weighted by Gasteiger charge is 2.31. The van der Waals surface area contributed by atoms with Crippen LogP contribution >= 0.6 is 12.4 Å². The summed E-state index contributed by atoms with van der Waals surface area (Å²) >= 11 is 0. The largest absolute Gasteiger partial charge is 0.383 e. The molecule has 0 aromatic heterocycles. The van der Waals surface area contributed by atoms with Gasteiger partial charge in [0.2, 0.25) is 0 Å². The summed E-state index contributed by atoms with van der Waals surface area (Å²) in [6.45, 7) is 5.12. The molecule has 1 heterocycles. The SMILES string of the molecule is COCCN(CCOC)S(=O)(=O)N1CCNC(C)C1.Cl. The molecule has 1 unspecified atom stereocenters. The Kier molecular flexibility index (Phi) is 9.90. The lowest BCUT2D eigenvalue weighted by molar-refractivity contribution is 0.145. The molecule has 9 heteroatoms. The lowest BCUT2D eigenvalue weighted by Crippen LogP contribution is -2.55. The number of nitrogens with one attached hydrogen (secondary N) is 1. The lowest BCUT2D eigenvalue weighted by Gasteiger charge is -2.34. The highest BCUT2D eigenvalue weighted by Crippen LogP contribution is 2.11. The molecule has 1 rings (SSSR count). The number of methoxy groups -OCH3 is 2. The number of hydrogen-bond acceptors (Lipinski definition) is 5. The van der Waals surface area contributed by atoms with Crippen LogP contribution in [0.25, 0.3) is 0 Å². The number of nitrogens with zero attached hydrogens (tertiary/aromatic N) is 2. The van der Waals surface area contributed by atoms with E-state index in [1.54, 1.807) is 14.2 Å². The topological polar surface area (TPSA) is 71.1 Å². The first-order chi connectivity index (χ1) is 9.02. The zero-order valence-electron chi connectivity index (χ0n) is 12.4. The smallest absolute Gasteiger partial charge is 0.282 e. The molecule has 0 radical (unpaired) electrons. The number of halogens is 1. The fourth-order valence-corrected chi connectivity index (χ4v) is 3.67. The zero-order valence-corrected chi connectivity index (χ0v) is 14.0. The van der Waals surface area contributed by atoms with E-state index in [-0.39, 0.29) is 18.4 Å². The van der Waals surface area contributed by atoms with Crippen LogP contribution in [0, 0.1) is 0 Å². The molecule has 1 saturated heterocycles. The molecule has 1 aliphatic heterocycles. The van der Waals surface area contributed by atoms with E-state index in [2.05, 4.69) is 5.32 Å². The third-order valence-electron chi connectivity index (χ3n) is 3.07. The van der Waals surface area contributed by atoms with Gasteiger partial charge in [-0.05, 0) is 6.92 Å². The Labute approximate surface area is 128 Å². The van der Waals surface area contributed by atoms with E-state index in [1.165, 1.54) is 8.61 Å². The van der Waals surface area contributed by atoms with Crippen LogP contribution < -0.4 is 5.32 Å². The fourth-order valence-electron chi connectivity index (χ4n) is 2.00. The van der Waals surface area contributed by atoms with Gasteiger partial charge in [0.1, 0.15) is 0 Å². The molecule has 20 heavy (non-hydrogen) atoms. The van der Waals surface area contributed by atoms with Crippen LogP contribution in [0.1, 0.15) is 6.92 Å². The van der Waals surface area contributed by atoms with Gasteiger partial charge in [-0.25, -0.2) is 0 Å². The summed E-state index contributed by atoms with van der Waals surface area (Å²) < 4.78 is 38.0. The molecule has 1 aliphatic rings. The molecule has 1 N–H and O–H groups in total. The Morgan fingerprint density at radius 1 is 1.25 bits per heavy atom. The number of piperazine rings is 1. The van der Waals surface area contributed by atoms with E-state index >= 15 is 0 Å². The van der Waals surface area contributed by atoms with Gasteiger partial charge in [0.25, 0.3) is 10.2 Å². The van der Waals surface area contributed by atoms with Crippen LogP contribution in [-0.2, 0) is 19.7 Å². The molecule has 0 amide bonds. The summed E-state index contributed by atoms with van der Waals surface area (Å²) in [5.41, 5.74) is 0. The van der Waals surface area contributed by atoms with Crippen molar-refractivity contribution in [1.29, 1.82) is 0 Å². The minimum Gasteiger partial charge on any atom is -0.383 e. The van der Waals surface area contributed by atoms with Crippen molar-refractivity contribution >= 4 is 22.6 Å². The number of hydrogen-bond donors (Lipinski definition) is 1. The van der Waals surface area contributed by atoms with Crippen molar-refractivity contribution in [2.24, 2.45) is 0 Å². The van der Waals surface area contributed by atoms with Gasteiger partial charge < -0.3 is 14.8 Å². The molecule has 1 fully saturated rings. The first-order valence-electron chi connectivity index (χ1n) is 6.49. The van der Waals surface area contributed by atoms with Crippen LogP contribution in [-0.4, -0.2) is 83.2 Å². The van der Waals surface area contributed by atoms with Crippen molar-refractivity contribution in [3.05, 3.63) is 0 Å². The van der Waals surface area contributed by atoms with Gasteiger partial charge in [0.05, 0.1) is 13.2 Å². The van der Waals surface area contributed by atoms with Crippen LogP contribution in [0.2, 0.25) is 0 Å². The fraction of sp³-hybridized carbons (Fsp3) is 1.00. The standard InChI is InChI=1S/C11H25N3O4S.ClH/c1-11-10-14(5-4-12-11)19(15,16)13(6-8-17-2)7-9-18-3;/h11-12H,4-10H2,1-3H3;1H. The van der Waals surface area contributed by atoms with Crippen LogP contribution in [0.5, 0.6) is 0 Å². The average Bonchev–Trinajstić information content (AvgIpc) is 2.38. The molecule has 0 spiro atoms. The molecule has 122 valence electrons. The predicted molar refractivity (Wildman–Crippen MR) is 80.5 cm³/mol.